The highest BCUT2D eigenvalue weighted by Crippen LogP contribution is 2.30. The molecular formula is C47H63N5O5. The summed E-state index contributed by atoms with van der Waals surface area (Å²) in [7, 11) is 0. The second kappa shape index (κ2) is 28.1. The van der Waals surface area contributed by atoms with Crippen molar-refractivity contribution in [3.05, 3.63) is 115 Å². The van der Waals surface area contributed by atoms with Gasteiger partial charge in [-0.2, -0.15) is 5.21 Å². The molecule has 1 aromatic heterocycles. The number of H-pyrrole nitrogens is 1. The number of ether oxygens (including phenoxy) is 2. The molecule has 0 aliphatic carbocycles. The Bertz CT molecular complexity index is 1740. The Balaban J connectivity index is 1.40. The summed E-state index contributed by atoms with van der Waals surface area (Å²) in [4.78, 5) is 40.7. The number of aromatic amines is 1. The van der Waals surface area contributed by atoms with Gasteiger partial charge >= 0.3 is 11.9 Å². The quantitative estimate of drug-likeness (QED) is 0.0460. The van der Waals surface area contributed by atoms with Gasteiger partial charge in [0.05, 0.1) is 6.42 Å². The summed E-state index contributed by atoms with van der Waals surface area (Å²) in [5.74, 6) is -0.209. The number of carbonyl (C=O) groups is 3. The van der Waals surface area contributed by atoms with Gasteiger partial charge in [-0.25, -0.2) is 0 Å². The lowest BCUT2D eigenvalue weighted by molar-refractivity contribution is -0.154. The molecule has 10 heteroatoms. The molecule has 0 bridgehead atoms. The maximum atomic E-state index is 13.6. The van der Waals surface area contributed by atoms with Crippen LogP contribution in [0.5, 0.6) is 0 Å². The van der Waals surface area contributed by atoms with Gasteiger partial charge in [-0.05, 0) is 79.2 Å². The molecule has 57 heavy (non-hydrogen) atoms. The summed E-state index contributed by atoms with van der Waals surface area (Å²) >= 11 is 0. The zero-order valence-corrected chi connectivity index (χ0v) is 34.5. The van der Waals surface area contributed by atoms with Gasteiger partial charge in [0.1, 0.15) is 13.2 Å². The fourth-order valence-electron chi connectivity index (χ4n) is 6.11. The number of tetrazole rings is 1. The van der Waals surface area contributed by atoms with E-state index in [2.05, 4.69) is 95.2 Å². The van der Waals surface area contributed by atoms with E-state index in [4.69, 9.17) is 9.47 Å². The zero-order valence-electron chi connectivity index (χ0n) is 34.5. The standard InChI is InChI=1S/C47H63N5O5/c1-5-7-9-10-11-12-13-14-15-16-17-18-19-20-21-22-23-29-45(54)56-34-35-57-46(55)36-43(38(3)4)52(44(53)28-8-6-2)37-39-30-32-40(33-31-39)41-26-24-25-27-42(41)47-48-50-51-49-47/h7,9,11-12,14-15,17-18,20-21,24-27,30-33,38,43H,5-6,8,10,13,16,19,22-23,28-29,34-37H2,1-4H3,(H,48,49,50,51)/b9-7-,12-11-,15-14-,18-17-,21-20-/t43-/m1/s1. The van der Waals surface area contributed by atoms with E-state index in [0.717, 1.165) is 73.6 Å². The van der Waals surface area contributed by atoms with Crippen LogP contribution in [0.15, 0.2) is 109 Å². The predicted molar refractivity (Wildman–Crippen MR) is 229 cm³/mol. The van der Waals surface area contributed by atoms with Crippen molar-refractivity contribution in [2.24, 2.45) is 5.92 Å². The van der Waals surface area contributed by atoms with Crippen LogP contribution < -0.4 is 0 Å². The summed E-state index contributed by atoms with van der Waals surface area (Å²) in [5.41, 5.74) is 3.77. The Labute approximate surface area is 340 Å². The van der Waals surface area contributed by atoms with Gasteiger partial charge in [-0.15, -0.1) is 10.2 Å². The van der Waals surface area contributed by atoms with Gasteiger partial charge in [0.2, 0.25) is 11.7 Å². The summed E-state index contributed by atoms with van der Waals surface area (Å²) in [6.45, 7) is 8.56. The van der Waals surface area contributed by atoms with Crippen LogP contribution in [0.1, 0.15) is 110 Å². The summed E-state index contributed by atoms with van der Waals surface area (Å²) in [6.07, 6.45) is 30.4. The number of rotatable bonds is 27. The number of allylic oxidation sites excluding steroid dienone is 10. The lowest BCUT2D eigenvalue weighted by Crippen LogP contribution is -2.44. The fourth-order valence-corrected chi connectivity index (χ4v) is 6.11. The van der Waals surface area contributed by atoms with E-state index in [9.17, 15) is 14.4 Å². The van der Waals surface area contributed by atoms with Crippen molar-refractivity contribution in [1.29, 1.82) is 0 Å². The van der Waals surface area contributed by atoms with Crippen LogP contribution >= 0.6 is 0 Å². The molecule has 0 radical (unpaired) electrons. The monoisotopic (exact) mass is 777 g/mol. The largest absolute Gasteiger partial charge is 0.462 e. The van der Waals surface area contributed by atoms with Crippen LogP contribution in [-0.4, -0.2) is 62.6 Å². The average molecular weight is 778 g/mol. The minimum absolute atomic E-state index is 0.0000675. The van der Waals surface area contributed by atoms with E-state index in [1.165, 1.54) is 0 Å². The number of hydrogen-bond acceptors (Lipinski definition) is 8. The van der Waals surface area contributed by atoms with Crippen LogP contribution in [0.25, 0.3) is 22.5 Å². The highest BCUT2D eigenvalue weighted by Gasteiger charge is 2.29. The number of amides is 1. The van der Waals surface area contributed by atoms with Gasteiger partial charge in [-0.1, -0.05) is 143 Å². The topological polar surface area (TPSA) is 127 Å². The molecular weight excluding hydrogens is 715 g/mol. The molecule has 10 nitrogen and oxygen atoms in total. The first-order chi connectivity index (χ1) is 27.8. The van der Waals surface area contributed by atoms with E-state index in [-0.39, 0.29) is 43.5 Å². The Morgan fingerprint density at radius 1 is 0.719 bits per heavy atom. The fraction of sp³-hybridized carbons (Fsp3) is 0.447. The van der Waals surface area contributed by atoms with Crippen molar-refractivity contribution < 1.29 is 23.9 Å². The molecule has 0 aliphatic rings. The molecule has 0 unspecified atom stereocenters. The molecule has 3 rings (SSSR count). The zero-order chi connectivity index (χ0) is 40.9. The number of esters is 2. The SMILES string of the molecule is CC/C=C\C/C=C\C/C=C\C/C=C\C/C=C\CCCC(=O)OCCOC(=O)C[C@H](C(C)C)N(Cc1ccc(-c2ccccc2-c2nn[nH]n2)cc1)C(=O)CCCC. The summed E-state index contributed by atoms with van der Waals surface area (Å²) in [5, 5.41) is 14.5. The maximum absolute atomic E-state index is 13.6. The van der Waals surface area contributed by atoms with Gasteiger partial charge in [0.25, 0.3) is 0 Å². The number of aromatic nitrogens is 4. The number of hydrogen-bond donors (Lipinski definition) is 1. The molecule has 0 saturated heterocycles. The van der Waals surface area contributed by atoms with E-state index >= 15 is 0 Å². The molecule has 1 amide bonds. The summed E-state index contributed by atoms with van der Waals surface area (Å²) < 4.78 is 10.8. The van der Waals surface area contributed by atoms with Gasteiger partial charge in [0.15, 0.2) is 0 Å². The Morgan fingerprint density at radius 2 is 1.32 bits per heavy atom. The average Bonchev–Trinajstić information content (AvgIpc) is 3.76. The van der Waals surface area contributed by atoms with Crippen molar-refractivity contribution in [3.63, 3.8) is 0 Å². The molecule has 0 aliphatic heterocycles. The molecule has 0 saturated carbocycles. The molecule has 0 fully saturated rings. The molecule has 1 heterocycles. The first kappa shape index (κ1) is 46.0. The van der Waals surface area contributed by atoms with Crippen molar-refractivity contribution >= 4 is 17.8 Å². The first-order valence-corrected chi connectivity index (χ1v) is 20.6. The van der Waals surface area contributed by atoms with Crippen molar-refractivity contribution in [2.45, 2.75) is 117 Å². The third kappa shape index (κ3) is 18.4. The van der Waals surface area contributed by atoms with Crippen molar-refractivity contribution in [2.75, 3.05) is 13.2 Å². The Kier molecular flexibility index (Phi) is 22.7. The number of benzene rings is 2. The van der Waals surface area contributed by atoms with Crippen molar-refractivity contribution in [3.8, 4) is 22.5 Å². The normalized spacial score (nSPS) is 12.5. The van der Waals surface area contributed by atoms with Crippen LogP contribution in [0.4, 0.5) is 0 Å². The maximum Gasteiger partial charge on any atom is 0.308 e. The first-order valence-electron chi connectivity index (χ1n) is 20.6. The van der Waals surface area contributed by atoms with Crippen LogP contribution in [0, 0.1) is 5.92 Å². The molecule has 1 atom stereocenters. The minimum atomic E-state index is -0.426. The van der Waals surface area contributed by atoms with E-state index in [1.807, 2.05) is 67.3 Å². The highest BCUT2D eigenvalue weighted by molar-refractivity contribution is 5.81. The Morgan fingerprint density at radius 3 is 1.89 bits per heavy atom. The number of nitrogens with one attached hydrogen (secondary N) is 1. The number of unbranched alkanes of at least 4 members (excludes halogenated alkanes) is 2. The smallest absolute Gasteiger partial charge is 0.308 e. The minimum Gasteiger partial charge on any atom is -0.462 e. The molecule has 1 N–H and O–H groups in total. The second-order valence-electron chi connectivity index (χ2n) is 14.2. The van der Waals surface area contributed by atoms with E-state index in [1.54, 1.807) is 0 Å². The molecule has 306 valence electrons. The molecule has 2 aromatic carbocycles. The predicted octanol–water partition coefficient (Wildman–Crippen LogP) is 10.5. The van der Waals surface area contributed by atoms with E-state index in [0.29, 0.717) is 31.6 Å². The molecule has 0 spiro atoms. The lowest BCUT2D eigenvalue weighted by Gasteiger charge is -2.34. The summed E-state index contributed by atoms with van der Waals surface area (Å²) in [6, 6.07) is 15.6. The van der Waals surface area contributed by atoms with Gasteiger partial charge in [0, 0.05) is 31.0 Å². The third-order valence-electron chi connectivity index (χ3n) is 9.26. The lowest BCUT2D eigenvalue weighted by atomic mass is 9.96. The molecule has 3 aromatic rings. The highest BCUT2D eigenvalue weighted by atomic mass is 16.6. The van der Waals surface area contributed by atoms with Gasteiger partial charge in [-0.3, -0.25) is 14.4 Å². The van der Waals surface area contributed by atoms with Crippen molar-refractivity contribution in [1.82, 2.24) is 25.5 Å². The van der Waals surface area contributed by atoms with Crippen LogP contribution in [-0.2, 0) is 30.4 Å². The number of nitrogens with zero attached hydrogens (tertiary/aromatic N) is 4. The van der Waals surface area contributed by atoms with Crippen LogP contribution in [0.3, 0.4) is 0 Å². The number of carbonyl (C=O) groups excluding carboxylic acids is 3. The Hall–Kier alpha value is -5.38. The van der Waals surface area contributed by atoms with E-state index < -0.39 is 5.97 Å². The third-order valence-corrected chi connectivity index (χ3v) is 9.26. The van der Waals surface area contributed by atoms with Crippen LogP contribution in [0.2, 0.25) is 0 Å². The second-order valence-corrected chi connectivity index (χ2v) is 14.2. The van der Waals surface area contributed by atoms with Gasteiger partial charge < -0.3 is 14.4 Å².